The fraction of sp³-hybridized carbons (Fsp3) is 0.667. The third-order valence-corrected chi connectivity index (χ3v) is 8.70. The molecule has 5 rings (SSSR count). The second-order valence-corrected chi connectivity index (χ2v) is 11.4. The van der Waals surface area contributed by atoms with Crippen LogP contribution in [0.15, 0.2) is 23.1 Å². The summed E-state index contributed by atoms with van der Waals surface area (Å²) in [6.45, 7) is 0.222. The summed E-state index contributed by atoms with van der Waals surface area (Å²) in [4.78, 5) is 12.8. The van der Waals surface area contributed by atoms with Crippen LogP contribution in [0.2, 0.25) is 0 Å². The Morgan fingerprint density at radius 3 is 2.24 bits per heavy atom. The van der Waals surface area contributed by atoms with Crippen LogP contribution in [0.3, 0.4) is 0 Å². The van der Waals surface area contributed by atoms with E-state index >= 15 is 0 Å². The van der Waals surface area contributed by atoms with E-state index < -0.39 is 10.0 Å². The average Bonchev–Trinajstić information content (AvgIpc) is 2.65. The number of rotatable bonds is 7. The molecule has 7 nitrogen and oxygen atoms in total. The van der Waals surface area contributed by atoms with E-state index in [2.05, 4.69) is 10.6 Å². The lowest BCUT2D eigenvalue weighted by Crippen LogP contribution is -2.59. The van der Waals surface area contributed by atoms with Crippen molar-refractivity contribution in [1.82, 2.24) is 9.62 Å². The van der Waals surface area contributed by atoms with Gasteiger partial charge < -0.3 is 15.4 Å². The number of carbonyl (C=O) groups is 1. The molecule has 0 aromatic heterocycles. The number of hydrogen-bond donors (Lipinski definition) is 2. The molecule has 4 fully saturated rings. The molecule has 1 amide bonds. The quantitative estimate of drug-likeness (QED) is 0.706. The Morgan fingerprint density at radius 2 is 1.72 bits per heavy atom. The smallest absolute Gasteiger partial charge is 0.242 e. The minimum Gasteiger partial charge on any atom is -0.495 e. The zero-order valence-electron chi connectivity index (χ0n) is 17.4. The molecule has 0 atom stereocenters. The molecule has 4 bridgehead atoms. The summed E-state index contributed by atoms with van der Waals surface area (Å²) < 4.78 is 31.3. The zero-order valence-corrected chi connectivity index (χ0v) is 18.2. The molecule has 0 unspecified atom stereocenters. The number of sulfonamides is 1. The number of hydrogen-bond acceptors (Lipinski definition) is 5. The molecule has 1 aromatic rings. The van der Waals surface area contributed by atoms with Crippen LogP contribution >= 0.6 is 0 Å². The van der Waals surface area contributed by atoms with Gasteiger partial charge in [-0.2, -0.15) is 0 Å². The van der Waals surface area contributed by atoms with Gasteiger partial charge in [0.15, 0.2) is 0 Å². The van der Waals surface area contributed by atoms with Gasteiger partial charge in [0.1, 0.15) is 5.75 Å². The Bertz CT molecular complexity index is 862. The first-order chi connectivity index (χ1) is 13.7. The highest BCUT2D eigenvalue weighted by molar-refractivity contribution is 7.89. The molecule has 1 aromatic carbocycles. The summed E-state index contributed by atoms with van der Waals surface area (Å²) in [6.07, 6.45) is 7.59. The van der Waals surface area contributed by atoms with Gasteiger partial charge in [0, 0.05) is 19.6 Å². The van der Waals surface area contributed by atoms with Crippen molar-refractivity contribution in [1.29, 1.82) is 0 Å². The van der Waals surface area contributed by atoms with Gasteiger partial charge in [0.05, 0.1) is 24.2 Å². The summed E-state index contributed by atoms with van der Waals surface area (Å²) in [6, 6.07) is 4.51. The molecular formula is C21H31N3O4S. The van der Waals surface area contributed by atoms with Crippen LogP contribution in [-0.4, -0.2) is 51.9 Å². The van der Waals surface area contributed by atoms with Crippen LogP contribution in [0.25, 0.3) is 0 Å². The van der Waals surface area contributed by atoms with Gasteiger partial charge in [0.2, 0.25) is 15.9 Å². The number of carbonyl (C=O) groups excluding carboxylic acids is 1. The van der Waals surface area contributed by atoms with E-state index in [1.54, 1.807) is 6.07 Å². The zero-order chi connectivity index (χ0) is 20.8. The topological polar surface area (TPSA) is 87.7 Å². The summed E-state index contributed by atoms with van der Waals surface area (Å²) >= 11 is 0. The maximum Gasteiger partial charge on any atom is 0.242 e. The number of nitrogens with one attached hydrogen (secondary N) is 2. The van der Waals surface area contributed by atoms with Crippen LogP contribution in [0, 0.1) is 17.8 Å². The summed E-state index contributed by atoms with van der Waals surface area (Å²) in [5.74, 6) is 2.68. The Hall–Kier alpha value is -1.64. The monoisotopic (exact) mass is 421 g/mol. The fourth-order valence-corrected chi connectivity index (χ4v) is 6.87. The van der Waals surface area contributed by atoms with Gasteiger partial charge in [0.25, 0.3) is 0 Å². The van der Waals surface area contributed by atoms with Gasteiger partial charge in [-0.3, -0.25) is 4.79 Å². The highest BCUT2D eigenvalue weighted by Crippen LogP contribution is 2.55. The highest BCUT2D eigenvalue weighted by atomic mass is 32.2. The maximum absolute atomic E-state index is 12.7. The lowest BCUT2D eigenvalue weighted by molar-refractivity contribution is -0.116. The molecule has 0 heterocycles. The predicted molar refractivity (Wildman–Crippen MR) is 111 cm³/mol. The first-order valence-corrected chi connectivity index (χ1v) is 11.8. The van der Waals surface area contributed by atoms with Crippen molar-refractivity contribution in [3.63, 3.8) is 0 Å². The Labute approximate surface area is 173 Å². The van der Waals surface area contributed by atoms with Crippen LogP contribution in [0.4, 0.5) is 5.69 Å². The number of methoxy groups -OCH3 is 1. The Kier molecular flexibility index (Phi) is 5.38. The maximum atomic E-state index is 12.7. The Balaban J connectivity index is 1.44. The van der Waals surface area contributed by atoms with E-state index in [-0.39, 0.29) is 22.9 Å². The van der Waals surface area contributed by atoms with Gasteiger partial charge in [-0.25, -0.2) is 12.7 Å². The molecule has 4 saturated carbocycles. The molecule has 0 spiro atoms. The number of anilines is 1. The van der Waals surface area contributed by atoms with E-state index in [1.807, 2.05) is 0 Å². The highest BCUT2D eigenvalue weighted by Gasteiger charge is 2.50. The van der Waals surface area contributed by atoms with E-state index in [9.17, 15) is 13.2 Å². The number of nitrogens with zero attached hydrogens (tertiary/aromatic N) is 1. The lowest BCUT2D eigenvalue weighted by atomic mass is 9.53. The molecule has 0 radical (unpaired) electrons. The third-order valence-electron chi connectivity index (χ3n) is 6.89. The SMILES string of the molecule is COc1ccc(S(=O)(=O)N(C)C)cc1NC(=O)CNC12CC3CC(CC(C3)C1)C2. The molecule has 4 aliphatic carbocycles. The molecule has 8 heteroatoms. The second-order valence-electron chi connectivity index (χ2n) is 9.25. The van der Waals surface area contributed by atoms with Gasteiger partial charge in [-0.05, 0) is 74.5 Å². The van der Waals surface area contributed by atoms with Gasteiger partial charge in [-0.1, -0.05) is 0 Å². The molecule has 29 heavy (non-hydrogen) atoms. The van der Waals surface area contributed by atoms with Crippen LogP contribution < -0.4 is 15.4 Å². The van der Waals surface area contributed by atoms with Crippen molar-refractivity contribution in [2.24, 2.45) is 17.8 Å². The van der Waals surface area contributed by atoms with Gasteiger partial charge in [-0.15, -0.1) is 0 Å². The van der Waals surface area contributed by atoms with E-state index in [0.717, 1.165) is 22.1 Å². The largest absolute Gasteiger partial charge is 0.495 e. The van der Waals surface area contributed by atoms with Crippen molar-refractivity contribution in [2.45, 2.75) is 49.0 Å². The van der Waals surface area contributed by atoms with Crippen molar-refractivity contribution in [2.75, 3.05) is 33.1 Å². The minimum absolute atomic E-state index is 0.103. The fourth-order valence-electron chi connectivity index (χ4n) is 5.95. The first kappa shape index (κ1) is 20.6. The summed E-state index contributed by atoms with van der Waals surface area (Å²) in [5.41, 5.74) is 0.472. The molecule has 160 valence electrons. The van der Waals surface area contributed by atoms with Crippen LogP contribution in [-0.2, 0) is 14.8 Å². The minimum atomic E-state index is -3.59. The average molecular weight is 422 g/mol. The standard InChI is InChI=1S/C21H31N3O4S/c1-24(2)29(26,27)17-4-5-19(28-3)18(9-17)23-20(25)13-22-21-10-14-6-15(11-21)8-16(7-14)12-21/h4-5,9,14-16,22H,6-8,10-13H2,1-3H3,(H,23,25). The lowest BCUT2D eigenvalue weighted by Gasteiger charge is -2.57. The molecule has 0 aliphatic heterocycles. The van der Waals surface area contributed by atoms with Crippen molar-refractivity contribution in [3.8, 4) is 5.75 Å². The molecule has 2 N–H and O–H groups in total. The van der Waals surface area contributed by atoms with Crippen LogP contribution in [0.1, 0.15) is 38.5 Å². The van der Waals surface area contributed by atoms with Gasteiger partial charge >= 0.3 is 0 Å². The third kappa shape index (κ3) is 4.02. The van der Waals surface area contributed by atoms with Crippen molar-refractivity contribution < 1.29 is 17.9 Å². The Morgan fingerprint density at radius 1 is 1.14 bits per heavy atom. The molecule has 4 aliphatic rings. The molecule has 0 saturated heterocycles. The normalized spacial score (nSPS) is 30.6. The van der Waals surface area contributed by atoms with Crippen LogP contribution in [0.5, 0.6) is 5.75 Å². The first-order valence-electron chi connectivity index (χ1n) is 10.4. The number of ether oxygens (including phenoxy) is 1. The summed E-state index contributed by atoms with van der Waals surface area (Å²) in [7, 11) is 0.865. The predicted octanol–water partition coefficient (Wildman–Crippen LogP) is 2.44. The molecular weight excluding hydrogens is 390 g/mol. The number of benzene rings is 1. The van der Waals surface area contributed by atoms with E-state index in [0.29, 0.717) is 11.4 Å². The second kappa shape index (κ2) is 7.56. The number of amides is 1. The van der Waals surface area contributed by atoms with E-state index in [4.69, 9.17) is 4.74 Å². The summed E-state index contributed by atoms with van der Waals surface area (Å²) in [5, 5.41) is 6.40. The van der Waals surface area contributed by atoms with Crippen molar-refractivity contribution >= 4 is 21.6 Å². The van der Waals surface area contributed by atoms with E-state index in [1.165, 1.54) is 71.9 Å². The van der Waals surface area contributed by atoms with Crippen molar-refractivity contribution in [3.05, 3.63) is 18.2 Å².